The monoisotopic (exact) mass is 285 g/mol. The fraction of sp³-hybridized carbons (Fsp3) is 0.667. The molecule has 0 bridgehead atoms. The normalized spacial score (nSPS) is 23.4. The van der Waals surface area contributed by atoms with Crippen LogP contribution in [0.3, 0.4) is 0 Å². The molecule has 3 N–H and O–H groups in total. The first-order valence-corrected chi connectivity index (χ1v) is 7.00. The van der Waals surface area contributed by atoms with Gasteiger partial charge in [0.25, 0.3) is 0 Å². The van der Waals surface area contributed by atoms with E-state index in [9.17, 15) is 9.90 Å². The molecule has 0 aromatic carbocycles. The number of aromatic nitrogens is 1. The molecule has 0 radical (unpaired) electrons. The Morgan fingerprint density at radius 2 is 2.37 bits per heavy atom. The Morgan fingerprint density at radius 3 is 2.95 bits per heavy atom. The van der Waals surface area contributed by atoms with Crippen molar-refractivity contribution in [1.82, 2.24) is 10.3 Å². The Bertz CT molecular complexity index is 461. The lowest BCUT2D eigenvalue weighted by Gasteiger charge is -2.19. The second-order valence-corrected chi connectivity index (χ2v) is 6.65. The molecule has 1 aliphatic heterocycles. The van der Waals surface area contributed by atoms with Crippen LogP contribution >= 0.6 is 11.3 Å². The summed E-state index contributed by atoms with van der Waals surface area (Å²) in [5, 5.41) is 16.5. The molecule has 0 saturated carbocycles. The van der Waals surface area contributed by atoms with Crippen LogP contribution in [0.5, 0.6) is 0 Å². The van der Waals surface area contributed by atoms with Crippen molar-refractivity contribution in [2.75, 3.05) is 18.4 Å². The number of anilines is 1. The fourth-order valence-corrected chi connectivity index (χ4v) is 2.74. The first-order valence-electron chi connectivity index (χ1n) is 6.18. The second kappa shape index (κ2) is 5.07. The lowest BCUT2D eigenvalue weighted by molar-refractivity contribution is 0.0620. The van der Waals surface area contributed by atoms with Crippen molar-refractivity contribution in [3.05, 3.63) is 11.1 Å². The van der Waals surface area contributed by atoms with Gasteiger partial charge in [0.1, 0.15) is 11.2 Å². The van der Waals surface area contributed by atoms with Gasteiger partial charge in [0.05, 0.1) is 4.88 Å². The highest BCUT2D eigenvalue weighted by Crippen LogP contribution is 2.33. The van der Waals surface area contributed by atoms with Crippen molar-refractivity contribution in [1.29, 1.82) is 0 Å². The number of aliphatic hydroxyl groups is 1. The molecule has 1 aromatic rings. The Kier molecular flexibility index (Phi) is 3.80. The van der Waals surface area contributed by atoms with Gasteiger partial charge in [0.2, 0.25) is 0 Å². The van der Waals surface area contributed by atoms with Crippen LogP contribution in [0.15, 0.2) is 6.20 Å². The highest BCUT2D eigenvalue weighted by Gasteiger charge is 2.35. The lowest BCUT2D eigenvalue weighted by Crippen LogP contribution is -2.27. The van der Waals surface area contributed by atoms with E-state index in [1.54, 1.807) is 27.0 Å². The molecule has 1 amide bonds. The smallest absolute Gasteiger partial charge is 0.413 e. The van der Waals surface area contributed by atoms with E-state index in [1.807, 2.05) is 0 Å². The summed E-state index contributed by atoms with van der Waals surface area (Å²) in [5.41, 5.74) is -1.41. The molecule has 2 heterocycles. The standard InChI is InChI=1S/C12H19N3O3S/c1-11(2,3)18-10(16)15-9-14-6-8(19-9)12(17)4-5-13-7-12/h6,13,17H,4-5,7H2,1-3H3,(H,14,15,16). The molecule has 6 nitrogen and oxygen atoms in total. The number of rotatable bonds is 2. The Balaban J connectivity index is 2.00. The summed E-state index contributed by atoms with van der Waals surface area (Å²) < 4.78 is 5.14. The number of ether oxygens (including phenoxy) is 1. The number of β-amino-alcohol motifs (C(OH)–C–C–N with tert-alkyl or cyclic N) is 1. The molecule has 0 spiro atoms. The topological polar surface area (TPSA) is 83.5 Å². The summed E-state index contributed by atoms with van der Waals surface area (Å²) in [5.74, 6) is 0. The van der Waals surface area contributed by atoms with Crippen LogP contribution in [0.2, 0.25) is 0 Å². The van der Waals surface area contributed by atoms with Crippen molar-refractivity contribution in [3.8, 4) is 0 Å². The van der Waals surface area contributed by atoms with Crippen LogP contribution in [0, 0.1) is 0 Å². The van der Waals surface area contributed by atoms with E-state index in [4.69, 9.17) is 4.74 Å². The fourth-order valence-electron chi connectivity index (χ4n) is 1.83. The van der Waals surface area contributed by atoms with E-state index in [1.165, 1.54) is 11.3 Å². The first-order chi connectivity index (χ1) is 8.78. The Labute approximate surface area is 116 Å². The van der Waals surface area contributed by atoms with Gasteiger partial charge in [-0.2, -0.15) is 0 Å². The summed E-state index contributed by atoms with van der Waals surface area (Å²) in [6.07, 6.45) is 1.72. The van der Waals surface area contributed by atoms with Gasteiger partial charge in [0, 0.05) is 12.7 Å². The van der Waals surface area contributed by atoms with E-state index in [2.05, 4.69) is 15.6 Å². The molecule has 1 saturated heterocycles. The van der Waals surface area contributed by atoms with Gasteiger partial charge in [-0.3, -0.25) is 5.32 Å². The SMILES string of the molecule is CC(C)(C)OC(=O)Nc1ncc(C2(O)CCNC2)s1. The van der Waals surface area contributed by atoms with Crippen LogP contribution in [0.1, 0.15) is 32.1 Å². The van der Waals surface area contributed by atoms with Gasteiger partial charge in [-0.15, -0.1) is 0 Å². The molecular formula is C12H19N3O3S. The second-order valence-electron chi connectivity index (χ2n) is 5.61. The van der Waals surface area contributed by atoms with Gasteiger partial charge >= 0.3 is 6.09 Å². The van der Waals surface area contributed by atoms with E-state index in [0.29, 0.717) is 18.1 Å². The van der Waals surface area contributed by atoms with Gasteiger partial charge < -0.3 is 15.2 Å². The minimum atomic E-state index is -0.870. The van der Waals surface area contributed by atoms with Crippen LogP contribution in [-0.2, 0) is 10.3 Å². The van der Waals surface area contributed by atoms with Crippen molar-refractivity contribution in [3.63, 3.8) is 0 Å². The zero-order valence-electron chi connectivity index (χ0n) is 11.3. The maximum Gasteiger partial charge on any atom is 0.413 e. The molecule has 0 aliphatic carbocycles. The number of thiazole rings is 1. The van der Waals surface area contributed by atoms with Crippen molar-refractivity contribution < 1.29 is 14.6 Å². The number of hydrogen-bond donors (Lipinski definition) is 3. The predicted molar refractivity (Wildman–Crippen MR) is 73.4 cm³/mol. The van der Waals surface area contributed by atoms with Crippen LogP contribution in [0.4, 0.5) is 9.93 Å². The Hall–Kier alpha value is -1.18. The van der Waals surface area contributed by atoms with Crippen LogP contribution < -0.4 is 10.6 Å². The van der Waals surface area contributed by atoms with E-state index >= 15 is 0 Å². The summed E-state index contributed by atoms with van der Waals surface area (Å²) in [6, 6.07) is 0. The summed E-state index contributed by atoms with van der Waals surface area (Å²) in [7, 11) is 0. The Morgan fingerprint density at radius 1 is 1.63 bits per heavy atom. The van der Waals surface area contributed by atoms with Crippen molar-refractivity contribution >= 4 is 22.6 Å². The number of hydrogen-bond acceptors (Lipinski definition) is 6. The summed E-state index contributed by atoms with van der Waals surface area (Å²) in [6.45, 7) is 6.69. The van der Waals surface area contributed by atoms with Crippen LogP contribution in [-0.4, -0.2) is 34.9 Å². The number of nitrogens with zero attached hydrogens (tertiary/aromatic N) is 1. The molecule has 106 valence electrons. The number of carbonyl (C=O) groups excluding carboxylic acids is 1. The molecule has 19 heavy (non-hydrogen) atoms. The average molecular weight is 285 g/mol. The van der Waals surface area contributed by atoms with Gasteiger partial charge in [-0.1, -0.05) is 11.3 Å². The molecular weight excluding hydrogens is 266 g/mol. The molecule has 1 aromatic heterocycles. The van der Waals surface area contributed by atoms with E-state index in [0.717, 1.165) is 11.4 Å². The lowest BCUT2D eigenvalue weighted by atomic mass is 10.0. The number of carbonyl (C=O) groups is 1. The molecule has 1 fully saturated rings. The third-order valence-corrected chi connectivity index (χ3v) is 3.81. The van der Waals surface area contributed by atoms with Crippen molar-refractivity contribution in [2.24, 2.45) is 0 Å². The largest absolute Gasteiger partial charge is 0.444 e. The molecule has 1 atom stereocenters. The molecule has 2 rings (SSSR count). The summed E-state index contributed by atoms with van der Waals surface area (Å²) >= 11 is 1.27. The zero-order valence-corrected chi connectivity index (χ0v) is 12.1. The predicted octanol–water partition coefficient (Wildman–Crippen LogP) is 1.67. The maximum absolute atomic E-state index is 11.6. The number of amides is 1. The van der Waals surface area contributed by atoms with Crippen molar-refractivity contribution in [2.45, 2.75) is 38.4 Å². The molecule has 1 aliphatic rings. The van der Waals surface area contributed by atoms with Gasteiger partial charge in [0.15, 0.2) is 5.13 Å². The minimum Gasteiger partial charge on any atom is -0.444 e. The third-order valence-electron chi connectivity index (χ3n) is 2.71. The van der Waals surface area contributed by atoms with Gasteiger partial charge in [-0.05, 0) is 33.7 Å². The average Bonchev–Trinajstić information content (AvgIpc) is 2.85. The quantitative estimate of drug-likeness (QED) is 0.770. The third kappa shape index (κ3) is 3.65. The van der Waals surface area contributed by atoms with Gasteiger partial charge in [-0.25, -0.2) is 9.78 Å². The maximum atomic E-state index is 11.6. The first kappa shape index (κ1) is 14.2. The minimum absolute atomic E-state index is 0.435. The molecule has 1 unspecified atom stereocenters. The van der Waals surface area contributed by atoms with E-state index < -0.39 is 17.3 Å². The molecule has 7 heteroatoms. The summed E-state index contributed by atoms with van der Waals surface area (Å²) in [4.78, 5) is 16.4. The number of nitrogens with one attached hydrogen (secondary N) is 2. The highest BCUT2D eigenvalue weighted by atomic mass is 32.1. The van der Waals surface area contributed by atoms with Crippen LogP contribution in [0.25, 0.3) is 0 Å². The highest BCUT2D eigenvalue weighted by molar-refractivity contribution is 7.15. The van der Waals surface area contributed by atoms with E-state index in [-0.39, 0.29) is 0 Å². The zero-order chi connectivity index (χ0) is 14.1.